The Kier molecular flexibility index (Phi) is 8.40. The van der Waals surface area contributed by atoms with Gasteiger partial charge in [-0.05, 0) is 80.1 Å². The van der Waals surface area contributed by atoms with E-state index < -0.39 is 11.6 Å². The van der Waals surface area contributed by atoms with Gasteiger partial charge in [-0.25, -0.2) is 13.9 Å². The number of rotatable bonds is 12. The van der Waals surface area contributed by atoms with Crippen LogP contribution in [0.15, 0.2) is 102 Å². The van der Waals surface area contributed by atoms with E-state index in [-0.39, 0.29) is 5.82 Å². The van der Waals surface area contributed by atoms with E-state index in [0.717, 1.165) is 33.8 Å². The van der Waals surface area contributed by atoms with Gasteiger partial charge < -0.3 is 19.0 Å². The first-order valence-corrected chi connectivity index (χ1v) is 13.5. The van der Waals surface area contributed by atoms with Crippen LogP contribution in [0.2, 0.25) is 0 Å². The van der Waals surface area contributed by atoms with Crippen LogP contribution >= 0.6 is 0 Å². The Morgan fingerprint density at radius 2 is 1.74 bits per heavy atom. The highest BCUT2D eigenvalue weighted by Crippen LogP contribution is 2.33. The molecule has 0 bridgehead atoms. The van der Waals surface area contributed by atoms with Gasteiger partial charge >= 0.3 is 5.97 Å². The molecule has 8 nitrogen and oxygen atoms in total. The lowest BCUT2D eigenvalue weighted by atomic mass is 10.1. The first kappa shape index (κ1) is 28.6. The molecule has 2 heterocycles. The molecule has 0 fully saturated rings. The van der Waals surface area contributed by atoms with Crippen LogP contribution in [0.4, 0.5) is 4.39 Å². The third-order valence-corrected chi connectivity index (χ3v) is 6.80. The van der Waals surface area contributed by atoms with E-state index in [2.05, 4.69) is 4.90 Å². The molecule has 0 saturated carbocycles. The number of halogens is 1. The Morgan fingerprint density at radius 1 is 0.976 bits per heavy atom. The average molecular weight is 570 g/mol. The van der Waals surface area contributed by atoms with Gasteiger partial charge in [0.05, 0.1) is 31.3 Å². The standard InChI is InChI=1S/C33H32FN3O5/c1-33(2,32(38)39)42-29-16-11-23(18-30(29)40-3)19-36(22-28-10-7-17-41-28)20-25-21-37(27-8-5-4-6-9-27)35-31(25)24-12-14-26(34)15-13-24/h4-18,21H,19-20,22H2,1-3H3,(H,38,39). The summed E-state index contributed by atoms with van der Waals surface area (Å²) in [6, 6.07) is 25.4. The molecule has 2 aromatic heterocycles. The number of aromatic nitrogens is 2. The fraction of sp³-hybridized carbons (Fsp3) is 0.212. The maximum absolute atomic E-state index is 13.8. The summed E-state index contributed by atoms with van der Waals surface area (Å²) in [6.45, 7) is 4.51. The molecule has 9 heteroatoms. The molecule has 0 saturated heterocycles. The van der Waals surface area contributed by atoms with Gasteiger partial charge in [0.15, 0.2) is 17.1 Å². The molecule has 0 radical (unpaired) electrons. The topological polar surface area (TPSA) is 90.0 Å². The number of nitrogens with zero attached hydrogens (tertiary/aromatic N) is 3. The molecule has 0 aliphatic carbocycles. The Morgan fingerprint density at radius 3 is 2.40 bits per heavy atom. The summed E-state index contributed by atoms with van der Waals surface area (Å²) >= 11 is 0. The highest BCUT2D eigenvalue weighted by molar-refractivity contribution is 5.77. The number of hydrogen-bond donors (Lipinski definition) is 1. The molecular weight excluding hydrogens is 537 g/mol. The summed E-state index contributed by atoms with van der Waals surface area (Å²) in [5.74, 6) is 0.183. The quantitative estimate of drug-likeness (QED) is 0.178. The monoisotopic (exact) mass is 569 g/mol. The van der Waals surface area contributed by atoms with Gasteiger partial charge in [0, 0.05) is 30.4 Å². The lowest BCUT2D eigenvalue weighted by molar-refractivity contribution is -0.152. The molecular formula is C33H32FN3O5. The number of methoxy groups -OCH3 is 1. The number of aliphatic carboxylic acids is 1. The normalized spacial score (nSPS) is 11.5. The van der Waals surface area contributed by atoms with E-state index in [1.165, 1.54) is 33.1 Å². The Balaban J connectivity index is 1.48. The minimum Gasteiger partial charge on any atom is -0.493 e. The summed E-state index contributed by atoms with van der Waals surface area (Å²) in [5.41, 5.74) is 2.93. The lowest BCUT2D eigenvalue weighted by Gasteiger charge is -2.24. The highest BCUT2D eigenvalue weighted by atomic mass is 19.1. The van der Waals surface area contributed by atoms with Crippen molar-refractivity contribution in [2.24, 2.45) is 0 Å². The zero-order valence-electron chi connectivity index (χ0n) is 23.7. The number of carboxylic acids is 1. The van der Waals surface area contributed by atoms with Crippen molar-refractivity contribution in [1.82, 2.24) is 14.7 Å². The van der Waals surface area contributed by atoms with Crippen molar-refractivity contribution >= 4 is 5.97 Å². The van der Waals surface area contributed by atoms with Crippen molar-refractivity contribution in [1.29, 1.82) is 0 Å². The zero-order chi connectivity index (χ0) is 29.7. The van der Waals surface area contributed by atoms with E-state index in [9.17, 15) is 14.3 Å². The Bertz CT molecular complexity index is 1630. The third-order valence-electron chi connectivity index (χ3n) is 6.80. The van der Waals surface area contributed by atoms with Gasteiger partial charge in [-0.15, -0.1) is 0 Å². The largest absolute Gasteiger partial charge is 0.493 e. The molecule has 216 valence electrons. The SMILES string of the molecule is COc1cc(CN(Cc2ccco2)Cc2cn(-c3ccccc3)nc2-c2ccc(F)cc2)ccc1OC(C)(C)C(=O)O. The van der Waals surface area contributed by atoms with Crippen LogP contribution in [-0.4, -0.2) is 38.5 Å². The van der Waals surface area contributed by atoms with Crippen LogP contribution in [0.1, 0.15) is 30.7 Å². The number of carboxylic acid groups (broad SMARTS) is 1. The predicted octanol–water partition coefficient (Wildman–Crippen LogP) is 6.72. The number of carbonyl (C=O) groups is 1. The van der Waals surface area contributed by atoms with Crippen LogP contribution in [0.25, 0.3) is 16.9 Å². The summed E-state index contributed by atoms with van der Waals surface area (Å²) in [6.07, 6.45) is 3.64. The molecule has 0 aliphatic heterocycles. The minimum absolute atomic E-state index is 0.310. The lowest BCUT2D eigenvalue weighted by Crippen LogP contribution is -2.38. The first-order valence-electron chi connectivity index (χ1n) is 13.5. The number of hydrogen-bond acceptors (Lipinski definition) is 6. The fourth-order valence-corrected chi connectivity index (χ4v) is 4.59. The summed E-state index contributed by atoms with van der Waals surface area (Å²) in [7, 11) is 1.52. The fourth-order valence-electron chi connectivity index (χ4n) is 4.59. The molecule has 1 N–H and O–H groups in total. The smallest absolute Gasteiger partial charge is 0.347 e. The number of furan rings is 1. The molecule has 0 amide bonds. The molecule has 3 aromatic carbocycles. The van der Waals surface area contributed by atoms with Crippen LogP contribution in [0, 0.1) is 5.82 Å². The molecule has 42 heavy (non-hydrogen) atoms. The van der Waals surface area contributed by atoms with E-state index >= 15 is 0 Å². The number of para-hydroxylation sites is 1. The first-order chi connectivity index (χ1) is 20.2. The summed E-state index contributed by atoms with van der Waals surface area (Å²) < 4.78 is 32.6. The van der Waals surface area contributed by atoms with Gasteiger partial charge in [0.2, 0.25) is 0 Å². The van der Waals surface area contributed by atoms with E-state index in [1.807, 2.05) is 65.5 Å². The van der Waals surface area contributed by atoms with Crippen LogP contribution in [0.5, 0.6) is 11.5 Å². The molecule has 5 rings (SSSR count). The molecule has 0 atom stereocenters. The molecule has 0 spiro atoms. The third kappa shape index (κ3) is 6.70. The predicted molar refractivity (Wildman–Crippen MR) is 156 cm³/mol. The van der Waals surface area contributed by atoms with Crippen LogP contribution in [0.3, 0.4) is 0 Å². The second kappa shape index (κ2) is 12.3. The highest BCUT2D eigenvalue weighted by Gasteiger charge is 2.30. The van der Waals surface area contributed by atoms with Crippen molar-refractivity contribution in [3.05, 3.63) is 120 Å². The van der Waals surface area contributed by atoms with Gasteiger partial charge in [-0.2, -0.15) is 5.10 Å². The molecule has 0 unspecified atom stereocenters. The summed E-state index contributed by atoms with van der Waals surface area (Å²) in [4.78, 5) is 13.8. The van der Waals surface area contributed by atoms with Crippen molar-refractivity contribution < 1.29 is 28.2 Å². The van der Waals surface area contributed by atoms with Gasteiger partial charge in [0.25, 0.3) is 0 Å². The second-order valence-electron chi connectivity index (χ2n) is 10.4. The van der Waals surface area contributed by atoms with Crippen molar-refractivity contribution in [2.45, 2.75) is 39.1 Å². The van der Waals surface area contributed by atoms with Crippen molar-refractivity contribution in [3.63, 3.8) is 0 Å². The maximum atomic E-state index is 13.8. The minimum atomic E-state index is -1.42. The van der Waals surface area contributed by atoms with Crippen molar-refractivity contribution in [3.8, 4) is 28.4 Å². The van der Waals surface area contributed by atoms with E-state index in [0.29, 0.717) is 31.1 Å². The van der Waals surface area contributed by atoms with Crippen LogP contribution < -0.4 is 9.47 Å². The second-order valence-corrected chi connectivity index (χ2v) is 10.4. The van der Waals surface area contributed by atoms with Gasteiger partial charge in [-0.1, -0.05) is 24.3 Å². The Hall–Kier alpha value is -4.89. The van der Waals surface area contributed by atoms with Gasteiger partial charge in [0.1, 0.15) is 11.6 Å². The zero-order valence-corrected chi connectivity index (χ0v) is 23.7. The maximum Gasteiger partial charge on any atom is 0.347 e. The van der Waals surface area contributed by atoms with E-state index in [1.54, 1.807) is 24.5 Å². The summed E-state index contributed by atoms with van der Waals surface area (Å²) in [5, 5.41) is 14.4. The van der Waals surface area contributed by atoms with Gasteiger partial charge in [-0.3, -0.25) is 4.90 Å². The van der Waals surface area contributed by atoms with E-state index in [4.69, 9.17) is 19.0 Å². The molecule has 0 aliphatic rings. The van der Waals surface area contributed by atoms with Crippen LogP contribution in [-0.2, 0) is 24.4 Å². The average Bonchev–Trinajstić information content (AvgIpc) is 3.65. The Labute approximate surface area is 243 Å². The molecule has 5 aromatic rings. The number of ether oxygens (including phenoxy) is 2. The number of benzene rings is 3. The van der Waals surface area contributed by atoms with Crippen molar-refractivity contribution in [2.75, 3.05) is 7.11 Å².